The molecule has 0 aromatic rings. The third-order valence-electron chi connectivity index (χ3n) is 5.84. The van der Waals surface area contributed by atoms with Gasteiger partial charge in [-0.05, 0) is 70.6 Å². The molecule has 3 heterocycles. The molecule has 122 valence electrons. The summed E-state index contributed by atoms with van der Waals surface area (Å²) in [6.45, 7) is 7.86. The van der Waals surface area contributed by atoms with Crippen LogP contribution in [0.15, 0.2) is 0 Å². The van der Waals surface area contributed by atoms with E-state index in [1.54, 1.807) is 0 Å². The van der Waals surface area contributed by atoms with Crippen LogP contribution in [0.5, 0.6) is 0 Å². The Kier molecular flexibility index (Phi) is 5.92. The number of piperidine rings is 2. The second kappa shape index (κ2) is 7.91. The van der Waals surface area contributed by atoms with Gasteiger partial charge >= 0.3 is 0 Å². The Morgan fingerprint density at radius 1 is 1.00 bits per heavy atom. The molecule has 2 N–H and O–H groups in total. The quantitative estimate of drug-likeness (QED) is 0.802. The Hall–Kier alpha value is -0.160. The summed E-state index contributed by atoms with van der Waals surface area (Å²) >= 11 is 0. The Morgan fingerprint density at radius 3 is 2.62 bits per heavy atom. The molecule has 0 bridgehead atoms. The van der Waals surface area contributed by atoms with Gasteiger partial charge in [-0.25, -0.2) is 0 Å². The average Bonchev–Trinajstić information content (AvgIpc) is 3.02. The highest BCUT2D eigenvalue weighted by atomic mass is 16.3. The zero-order valence-electron chi connectivity index (χ0n) is 13.5. The molecule has 21 heavy (non-hydrogen) atoms. The van der Waals surface area contributed by atoms with Crippen LogP contribution in [0.25, 0.3) is 0 Å². The summed E-state index contributed by atoms with van der Waals surface area (Å²) in [5.41, 5.74) is 0. The lowest BCUT2D eigenvalue weighted by molar-refractivity contribution is 0.0255. The molecular weight excluding hydrogens is 262 g/mol. The summed E-state index contributed by atoms with van der Waals surface area (Å²) in [6.07, 6.45) is 9.05. The highest BCUT2D eigenvalue weighted by Gasteiger charge is 2.35. The fraction of sp³-hybridized carbons (Fsp3) is 1.00. The van der Waals surface area contributed by atoms with Crippen LogP contribution in [0.1, 0.15) is 44.9 Å². The maximum absolute atomic E-state index is 9.38. The zero-order valence-corrected chi connectivity index (χ0v) is 13.5. The Labute approximate surface area is 129 Å². The van der Waals surface area contributed by atoms with E-state index in [1.165, 1.54) is 71.2 Å². The predicted octanol–water partition coefficient (Wildman–Crippen LogP) is 1.30. The van der Waals surface area contributed by atoms with Crippen LogP contribution < -0.4 is 5.32 Å². The van der Waals surface area contributed by atoms with Gasteiger partial charge in [0, 0.05) is 31.8 Å². The minimum atomic E-state index is 0.345. The number of aliphatic hydroxyl groups is 1. The van der Waals surface area contributed by atoms with Gasteiger partial charge in [-0.15, -0.1) is 0 Å². The molecule has 3 saturated heterocycles. The van der Waals surface area contributed by atoms with Crippen LogP contribution in [0, 0.1) is 5.92 Å². The molecule has 0 aromatic heterocycles. The fourth-order valence-corrected chi connectivity index (χ4v) is 4.71. The first-order valence-corrected chi connectivity index (χ1v) is 9.18. The van der Waals surface area contributed by atoms with Gasteiger partial charge in [0.25, 0.3) is 0 Å². The maximum atomic E-state index is 9.38. The number of aliphatic hydroxyl groups excluding tert-OH is 1. The number of nitrogens with one attached hydrogen (secondary N) is 1. The van der Waals surface area contributed by atoms with Crippen molar-refractivity contribution in [3.63, 3.8) is 0 Å². The molecule has 0 aromatic carbocycles. The van der Waals surface area contributed by atoms with Crippen molar-refractivity contribution in [2.24, 2.45) is 5.92 Å². The van der Waals surface area contributed by atoms with Crippen LogP contribution in [0.3, 0.4) is 0 Å². The Morgan fingerprint density at radius 2 is 1.81 bits per heavy atom. The molecule has 3 aliphatic rings. The van der Waals surface area contributed by atoms with Crippen LogP contribution >= 0.6 is 0 Å². The van der Waals surface area contributed by atoms with E-state index < -0.39 is 0 Å². The van der Waals surface area contributed by atoms with Crippen molar-refractivity contribution in [2.75, 3.05) is 45.9 Å². The first-order chi connectivity index (χ1) is 10.4. The third-order valence-corrected chi connectivity index (χ3v) is 5.84. The normalized spacial score (nSPS) is 36.1. The summed E-state index contributed by atoms with van der Waals surface area (Å²) in [6, 6.07) is 1.31. The average molecular weight is 295 g/mol. The highest BCUT2D eigenvalue weighted by molar-refractivity contribution is 4.92. The molecule has 3 unspecified atom stereocenters. The van der Waals surface area contributed by atoms with Gasteiger partial charge in [0.2, 0.25) is 0 Å². The van der Waals surface area contributed by atoms with Gasteiger partial charge in [0.05, 0.1) is 0 Å². The van der Waals surface area contributed by atoms with E-state index in [2.05, 4.69) is 15.1 Å². The number of nitrogens with zero attached hydrogens (tertiary/aromatic N) is 2. The molecule has 4 heteroatoms. The summed E-state index contributed by atoms with van der Waals surface area (Å²) in [4.78, 5) is 5.45. The summed E-state index contributed by atoms with van der Waals surface area (Å²) in [7, 11) is 0. The minimum Gasteiger partial charge on any atom is -0.396 e. The van der Waals surface area contributed by atoms with Gasteiger partial charge in [0.15, 0.2) is 0 Å². The van der Waals surface area contributed by atoms with Crippen molar-refractivity contribution in [3.8, 4) is 0 Å². The lowest BCUT2D eigenvalue weighted by atomic mass is 9.87. The van der Waals surface area contributed by atoms with Crippen LogP contribution in [0.4, 0.5) is 0 Å². The van der Waals surface area contributed by atoms with Gasteiger partial charge in [0.1, 0.15) is 0 Å². The largest absolute Gasteiger partial charge is 0.396 e. The number of hydrogen-bond donors (Lipinski definition) is 2. The Balaban J connectivity index is 1.63. The SMILES string of the molecule is OCCC1CCCCN1C1CNCCC1CN1CCCC1. The topological polar surface area (TPSA) is 38.7 Å². The van der Waals surface area contributed by atoms with E-state index in [1.807, 2.05) is 0 Å². The molecule has 3 rings (SSSR count). The second-order valence-electron chi connectivity index (χ2n) is 7.23. The van der Waals surface area contributed by atoms with Gasteiger partial charge in [-0.1, -0.05) is 6.42 Å². The molecule has 4 nitrogen and oxygen atoms in total. The molecular formula is C17H33N3O. The maximum Gasteiger partial charge on any atom is 0.0445 e. The van der Waals surface area contributed by atoms with Gasteiger partial charge in [-0.2, -0.15) is 0 Å². The molecule has 0 radical (unpaired) electrons. The highest BCUT2D eigenvalue weighted by Crippen LogP contribution is 2.28. The molecule has 3 fully saturated rings. The second-order valence-corrected chi connectivity index (χ2v) is 7.23. The van der Waals surface area contributed by atoms with Crippen LogP contribution in [-0.4, -0.2) is 72.9 Å². The van der Waals surface area contributed by atoms with Crippen molar-refractivity contribution in [3.05, 3.63) is 0 Å². The van der Waals surface area contributed by atoms with Crippen LogP contribution in [-0.2, 0) is 0 Å². The van der Waals surface area contributed by atoms with E-state index in [-0.39, 0.29) is 0 Å². The minimum absolute atomic E-state index is 0.345. The predicted molar refractivity (Wildman–Crippen MR) is 86.5 cm³/mol. The number of hydrogen-bond acceptors (Lipinski definition) is 4. The van der Waals surface area contributed by atoms with Crippen molar-refractivity contribution in [1.82, 2.24) is 15.1 Å². The molecule has 3 atom stereocenters. The molecule has 3 aliphatic heterocycles. The Bertz CT molecular complexity index is 304. The van der Waals surface area contributed by atoms with E-state index in [0.717, 1.165) is 18.9 Å². The number of rotatable bonds is 5. The van der Waals surface area contributed by atoms with Crippen molar-refractivity contribution < 1.29 is 5.11 Å². The van der Waals surface area contributed by atoms with E-state index in [0.29, 0.717) is 18.7 Å². The van der Waals surface area contributed by atoms with E-state index >= 15 is 0 Å². The summed E-state index contributed by atoms with van der Waals surface area (Å²) in [5.74, 6) is 0.823. The standard InChI is InChI=1S/C17H33N3O/c21-12-7-16-5-1-2-11-20(16)17-13-18-8-6-15(17)14-19-9-3-4-10-19/h15-18,21H,1-14H2. The zero-order chi connectivity index (χ0) is 14.5. The molecule has 0 saturated carbocycles. The monoisotopic (exact) mass is 295 g/mol. The van der Waals surface area contributed by atoms with Gasteiger partial charge in [-0.3, -0.25) is 4.90 Å². The van der Waals surface area contributed by atoms with Crippen molar-refractivity contribution in [1.29, 1.82) is 0 Å². The lowest BCUT2D eigenvalue weighted by Gasteiger charge is -2.47. The summed E-state index contributed by atoms with van der Waals surface area (Å²) < 4.78 is 0. The number of likely N-dealkylation sites (tertiary alicyclic amines) is 2. The fourth-order valence-electron chi connectivity index (χ4n) is 4.71. The molecule has 0 amide bonds. The smallest absolute Gasteiger partial charge is 0.0445 e. The summed E-state index contributed by atoms with van der Waals surface area (Å²) in [5, 5.41) is 13.0. The first kappa shape index (κ1) is 15.7. The van der Waals surface area contributed by atoms with Crippen LogP contribution in [0.2, 0.25) is 0 Å². The third kappa shape index (κ3) is 3.98. The lowest BCUT2D eigenvalue weighted by Crippen LogP contribution is -2.58. The van der Waals surface area contributed by atoms with Crippen molar-refractivity contribution >= 4 is 0 Å². The van der Waals surface area contributed by atoms with E-state index in [4.69, 9.17) is 0 Å². The van der Waals surface area contributed by atoms with E-state index in [9.17, 15) is 5.11 Å². The molecule has 0 aliphatic carbocycles. The molecule has 0 spiro atoms. The first-order valence-electron chi connectivity index (χ1n) is 9.18. The van der Waals surface area contributed by atoms with Crippen molar-refractivity contribution in [2.45, 2.75) is 57.0 Å². The van der Waals surface area contributed by atoms with Gasteiger partial charge < -0.3 is 15.3 Å².